The maximum atomic E-state index is 13.3. The summed E-state index contributed by atoms with van der Waals surface area (Å²) in [6, 6.07) is 7.98. The minimum atomic E-state index is -0.605. The van der Waals surface area contributed by atoms with Gasteiger partial charge in [0.25, 0.3) is 5.91 Å². The lowest BCUT2D eigenvalue weighted by atomic mass is 10.1. The van der Waals surface area contributed by atoms with Gasteiger partial charge in [-0.05, 0) is 57.0 Å². The normalized spacial score (nSPS) is 16.4. The molecule has 0 bridgehead atoms. The Morgan fingerprint density at radius 3 is 2.86 bits per heavy atom. The number of likely N-dealkylation sites (tertiary alicyclic amines) is 1. The molecule has 2 N–H and O–H groups in total. The van der Waals surface area contributed by atoms with Crippen molar-refractivity contribution in [2.45, 2.75) is 38.8 Å². The molecule has 2 aromatic carbocycles. The van der Waals surface area contributed by atoms with Crippen LogP contribution in [0.1, 0.15) is 48.9 Å². The zero-order valence-electron chi connectivity index (χ0n) is 19.7. The van der Waals surface area contributed by atoms with E-state index in [1.54, 1.807) is 31.2 Å². The SMILES string of the molecule is CCOC(=O)[C@@H]1CCCN1C(=O)c1cc2ncnc(N[C@@H](C)c3nc4cc(Cl)ccc4[nH]3)c2cc1Cl. The van der Waals surface area contributed by atoms with E-state index in [1.807, 2.05) is 13.0 Å². The van der Waals surface area contributed by atoms with E-state index in [1.165, 1.54) is 11.2 Å². The average Bonchev–Trinajstić information content (AvgIpc) is 3.51. The van der Waals surface area contributed by atoms with E-state index in [2.05, 4.69) is 25.3 Å². The molecule has 1 aliphatic heterocycles. The topological polar surface area (TPSA) is 113 Å². The summed E-state index contributed by atoms with van der Waals surface area (Å²) in [5.74, 6) is 0.559. The number of nitrogens with one attached hydrogen (secondary N) is 2. The molecule has 186 valence electrons. The van der Waals surface area contributed by atoms with Gasteiger partial charge in [-0.3, -0.25) is 4.79 Å². The second-order valence-electron chi connectivity index (χ2n) is 8.63. The summed E-state index contributed by atoms with van der Waals surface area (Å²) in [7, 11) is 0. The third-order valence-electron chi connectivity index (χ3n) is 6.25. The fraction of sp³-hybridized carbons (Fsp3) is 0.320. The maximum Gasteiger partial charge on any atom is 0.328 e. The van der Waals surface area contributed by atoms with Crippen LogP contribution in [0.3, 0.4) is 0 Å². The number of anilines is 1. The first-order chi connectivity index (χ1) is 17.4. The second kappa shape index (κ2) is 9.91. The molecule has 5 rings (SSSR count). The van der Waals surface area contributed by atoms with Gasteiger partial charge in [-0.15, -0.1) is 0 Å². The second-order valence-corrected chi connectivity index (χ2v) is 9.47. The Balaban J connectivity index is 1.42. The van der Waals surface area contributed by atoms with Crippen molar-refractivity contribution >= 4 is 62.8 Å². The monoisotopic (exact) mass is 526 g/mol. The zero-order valence-corrected chi connectivity index (χ0v) is 21.2. The molecule has 36 heavy (non-hydrogen) atoms. The largest absolute Gasteiger partial charge is 0.464 e. The number of hydrogen-bond donors (Lipinski definition) is 2. The van der Waals surface area contributed by atoms with Crippen LogP contribution in [0.5, 0.6) is 0 Å². The van der Waals surface area contributed by atoms with E-state index in [-0.39, 0.29) is 29.1 Å². The predicted octanol–water partition coefficient (Wildman–Crippen LogP) is 5.15. The lowest BCUT2D eigenvalue weighted by Crippen LogP contribution is -2.41. The standard InChI is InChI=1S/C25H24Cl2N6O3/c1-3-36-25(35)21-5-4-8-33(21)24(34)15-11-19-16(10-17(15)27)23(29-12-28-19)30-13(2)22-31-18-7-6-14(26)9-20(18)32-22/h6-7,9-13,21H,3-5,8H2,1-2H3,(H,31,32)(H,28,29,30)/t13-,21-/m0/s1. The number of fused-ring (bicyclic) bond motifs is 2. The van der Waals surface area contributed by atoms with E-state index in [0.29, 0.717) is 34.7 Å². The summed E-state index contributed by atoms with van der Waals surface area (Å²) in [4.78, 5) is 43.9. The first-order valence-electron chi connectivity index (χ1n) is 11.7. The predicted molar refractivity (Wildman–Crippen MR) is 138 cm³/mol. The van der Waals surface area contributed by atoms with Crippen molar-refractivity contribution in [1.82, 2.24) is 24.8 Å². The molecule has 1 amide bonds. The van der Waals surface area contributed by atoms with Gasteiger partial charge in [0.2, 0.25) is 0 Å². The summed E-state index contributed by atoms with van der Waals surface area (Å²) in [5, 5.41) is 4.88. The molecule has 2 atom stereocenters. The fourth-order valence-electron chi connectivity index (χ4n) is 4.48. The smallest absolute Gasteiger partial charge is 0.328 e. The highest BCUT2D eigenvalue weighted by Crippen LogP contribution is 2.31. The van der Waals surface area contributed by atoms with E-state index < -0.39 is 12.0 Å². The van der Waals surface area contributed by atoms with Crippen LogP contribution in [0.15, 0.2) is 36.7 Å². The summed E-state index contributed by atoms with van der Waals surface area (Å²) in [5.41, 5.74) is 2.49. The van der Waals surface area contributed by atoms with Crippen molar-refractivity contribution in [1.29, 1.82) is 0 Å². The van der Waals surface area contributed by atoms with Crippen molar-refractivity contribution in [3.05, 3.63) is 58.1 Å². The van der Waals surface area contributed by atoms with Crippen molar-refractivity contribution in [3.63, 3.8) is 0 Å². The molecular formula is C25H24Cl2N6O3. The van der Waals surface area contributed by atoms with Gasteiger partial charge in [0, 0.05) is 17.0 Å². The third-order valence-corrected chi connectivity index (χ3v) is 6.80. The quantitative estimate of drug-likeness (QED) is 0.333. The van der Waals surface area contributed by atoms with Crippen molar-refractivity contribution in [3.8, 4) is 0 Å². The minimum Gasteiger partial charge on any atom is -0.464 e. The summed E-state index contributed by atoms with van der Waals surface area (Å²) >= 11 is 12.7. The van der Waals surface area contributed by atoms with Crippen LogP contribution < -0.4 is 5.32 Å². The molecule has 11 heteroatoms. The zero-order chi connectivity index (χ0) is 25.4. The van der Waals surface area contributed by atoms with E-state index in [9.17, 15) is 9.59 Å². The number of amides is 1. The Morgan fingerprint density at radius 2 is 2.06 bits per heavy atom. The Bertz CT molecular complexity index is 1470. The third kappa shape index (κ3) is 4.56. The van der Waals surface area contributed by atoms with Crippen LogP contribution in [0.2, 0.25) is 10.0 Å². The van der Waals surface area contributed by atoms with Crippen LogP contribution in [0.4, 0.5) is 5.82 Å². The van der Waals surface area contributed by atoms with E-state index in [4.69, 9.17) is 27.9 Å². The Morgan fingerprint density at radius 1 is 1.22 bits per heavy atom. The number of carbonyl (C=O) groups is 2. The van der Waals surface area contributed by atoms with Crippen LogP contribution in [-0.4, -0.2) is 55.9 Å². The Labute approximate surface area is 217 Å². The highest BCUT2D eigenvalue weighted by atomic mass is 35.5. The molecule has 2 aromatic heterocycles. The van der Waals surface area contributed by atoms with Crippen LogP contribution in [0, 0.1) is 0 Å². The number of halogens is 2. The maximum absolute atomic E-state index is 13.3. The van der Waals surface area contributed by atoms with Gasteiger partial charge in [-0.25, -0.2) is 19.7 Å². The molecule has 0 aliphatic carbocycles. The lowest BCUT2D eigenvalue weighted by molar-refractivity contribution is -0.147. The van der Waals surface area contributed by atoms with E-state index >= 15 is 0 Å². The number of rotatable bonds is 6. The molecule has 0 spiro atoms. The van der Waals surface area contributed by atoms with Gasteiger partial charge < -0.3 is 19.9 Å². The fourth-order valence-corrected chi connectivity index (χ4v) is 4.89. The molecule has 1 aliphatic rings. The molecule has 4 aromatic rings. The van der Waals surface area contributed by atoms with Crippen LogP contribution in [-0.2, 0) is 9.53 Å². The number of aromatic amines is 1. The number of nitrogens with zero attached hydrogens (tertiary/aromatic N) is 4. The van der Waals surface area contributed by atoms with Crippen molar-refractivity contribution < 1.29 is 14.3 Å². The Kier molecular flexibility index (Phi) is 6.68. The number of benzene rings is 2. The van der Waals surface area contributed by atoms with Crippen LogP contribution in [0.25, 0.3) is 21.9 Å². The Hall–Kier alpha value is -3.43. The van der Waals surface area contributed by atoms with Gasteiger partial charge in [-0.2, -0.15) is 0 Å². The molecule has 0 radical (unpaired) electrons. The van der Waals surface area contributed by atoms with Gasteiger partial charge >= 0.3 is 5.97 Å². The number of imidazole rings is 1. The number of hydrogen-bond acceptors (Lipinski definition) is 7. The lowest BCUT2D eigenvalue weighted by Gasteiger charge is -2.23. The average molecular weight is 527 g/mol. The number of H-pyrrole nitrogens is 1. The van der Waals surface area contributed by atoms with Crippen molar-refractivity contribution in [2.24, 2.45) is 0 Å². The first-order valence-corrected chi connectivity index (χ1v) is 12.4. The molecule has 3 heterocycles. The van der Waals surface area contributed by atoms with Gasteiger partial charge in [0.05, 0.1) is 39.8 Å². The molecule has 0 unspecified atom stereocenters. The van der Waals surface area contributed by atoms with Gasteiger partial charge in [0.1, 0.15) is 24.0 Å². The van der Waals surface area contributed by atoms with Crippen molar-refractivity contribution in [2.75, 3.05) is 18.5 Å². The summed E-state index contributed by atoms with van der Waals surface area (Å²) < 4.78 is 5.15. The summed E-state index contributed by atoms with van der Waals surface area (Å²) in [6.45, 7) is 4.43. The molecular weight excluding hydrogens is 503 g/mol. The molecule has 1 saturated heterocycles. The van der Waals surface area contributed by atoms with Gasteiger partial charge in [-0.1, -0.05) is 23.2 Å². The first kappa shape index (κ1) is 24.3. The summed E-state index contributed by atoms with van der Waals surface area (Å²) in [6.07, 6.45) is 2.72. The molecule has 9 nitrogen and oxygen atoms in total. The number of ether oxygens (including phenoxy) is 1. The minimum absolute atomic E-state index is 0.218. The molecule has 1 fully saturated rings. The highest BCUT2D eigenvalue weighted by Gasteiger charge is 2.36. The van der Waals surface area contributed by atoms with Gasteiger partial charge in [0.15, 0.2) is 0 Å². The van der Waals surface area contributed by atoms with Crippen LogP contribution >= 0.6 is 23.2 Å². The van der Waals surface area contributed by atoms with E-state index in [0.717, 1.165) is 23.3 Å². The number of aromatic nitrogens is 4. The number of esters is 1. The molecule has 0 saturated carbocycles. The highest BCUT2D eigenvalue weighted by molar-refractivity contribution is 6.35. The number of carbonyl (C=O) groups excluding carboxylic acids is 2.